The summed E-state index contributed by atoms with van der Waals surface area (Å²) in [5, 5.41) is 4.35. The molecular formula is C17H20Cl2N4. The lowest BCUT2D eigenvalue weighted by molar-refractivity contribution is 0.726. The van der Waals surface area contributed by atoms with E-state index in [1.807, 2.05) is 19.1 Å². The molecule has 23 heavy (non-hydrogen) atoms. The Morgan fingerprint density at radius 3 is 2.39 bits per heavy atom. The van der Waals surface area contributed by atoms with Gasteiger partial charge in [-0.1, -0.05) is 36.0 Å². The molecule has 1 aromatic heterocycles. The fraction of sp³-hybridized carbons (Fsp3) is 0.412. The van der Waals surface area contributed by atoms with Gasteiger partial charge in [0.15, 0.2) is 0 Å². The SMILES string of the molecule is Cc1nc(Nc2ccc(Cl)c(Cl)c2)cc(N2CCCCCC2)n1. The number of hydrogen-bond acceptors (Lipinski definition) is 4. The van der Waals surface area contributed by atoms with Crippen molar-refractivity contribution in [2.75, 3.05) is 23.3 Å². The zero-order valence-electron chi connectivity index (χ0n) is 13.1. The molecule has 3 rings (SSSR count). The minimum Gasteiger partial charge on any atom is -0.356 e. The summed E-state index contributed by atoms with van der Waals surface area (Å²) in [4.78, 5) is 11.4. The third-order valence-electron chi connectivity index (χ3n) is 3.95. The summed E-state index contributed by atoms with van der Waals surface area (Å²) in [6, 6.07) is 7.46. The molecule has 1 saturated heterocycles. The Hall–Kier alpha value is -1.52. The molecule has 0 bridgehead atoms. The molecule has 0 saturated carbocycles. The van der Waals surface area contributed by atoms with Crippen molar-refractivity contribution in [2.24, 2.45) is 0 Å². The molecule has 0 aliphatic carbocycles. The van der Waals surface area contributed by atoms with E-state index in [-0.39, 0.29) is 0 Å². The van der Waals surface area contributed by atoms with Crippen molar-refractivity contribution in [2.45, 2.75) is 32.6 Å². The zero-order chi connectivity index (χ0) is 16.2. The largest absolute Gasteiger partial charge is 0.356 e. The van der Waals surface area contributed by atoms with Crippen molar-refractivity contribution in [3.63, 3.8) is 0 Å². The van der Waals surface area contributed by atoms with Crippen LogP contribution in [0.1, 0.15) is 31.5 Å². The third-order valence-corrected chi connectivity index (χ3v) is 4.69. The summed E-state index contributed by atoms with van der Waals surface area (Å²) in [7, 11) is 0. The summed E-state index contributed by atoms with van der Waals surface area (Å²) in [5.41, 5.74) is 0.860. The average Bonchev–Trinajstić information content (AvgIpc) is 2.80. The van der Waals surface area contributed by atoms with Gasteiger partial charge in [0.05, 0.1) is 10.0 Å². The molecular weight excluding hydrogens is 331 g/mol. The lowest BCUT2D eigenvalue weighted by Crippen LogP contribution is -2.25. The highest BCUT2D eigenvalue weighted by atomic mass is 35.5. The molecule has 1 fully saturated rings. The fourth-order valence-corrected chi connectivity index (χ4v) is 3.10. The molecule has 4 nitrogen and oxygen atoms in total. The molecule has 0 spiro atoms. The van der Waals surface area contributed by atoms with Crippen LogP contribution in [0.25, 0.3) is 0 Å². The third kappa shape index (κ3) is 4.27. The number of benzene rings is 1. The van der Waals surface area contributed by atoms with Gasteiger partial charge in [0.1, 0.15) is 17.5 Å². The van der Waals surface area contributed by atoms with Crippen LogP contribution in [0.5, 0.6) is 0 Å². The molecule has 122 valence electrons. The Morgan fingerprint density at radius 2 is 1.70 bits per heavy atom. The van der Waals surface area contributed by atoms with E-state index in [1.165, 1.54) is 25.7 Å². The van der Waals surface area contributed by atoms with Crippen molar-refractivity contribution in [1.29, 1.82) is 0 Å². The predicted molar refractivity (Wildman–Crippen MR) is 97.2 cm³/mol. The second-order valence-electron chi connectivity index (χ2n) is 5.81. The minimum absolute atomic E-state index is 0.523. The quantitative estimate of drug-likeness (QED) is 0.824. The molecule has 1 N–H and O–H groups in total. The second kappa shape index (κ2) is 7.37. The van der Waals surface area contributed by atoms with Gasteiger partial charge in [0.2, 0.25) is 0 Å². The highest BCUT2D eigenvalue weighted by Gasteiger charge is 2.13. The molecule has 1 aliphatic heterocycles. The average molecular weight is 351 g/mol. The molecule has 0 radical (unpaired) electrons. The van der Waals surface area contributed by atoms with Crippen LogP contribution < -0.4 is 10.2 Å². The molecule has 1 aromatic carbocycles. The Bertz CT molecular complexity index is 682. The van der Waals surface area contributed by atoms with Gasteiger partial charge in [-0.2, -0.15) is 0 Å². The van der Waals surface area contributed by atoms with E-state index in [0.29, 0.717) is 10.0 Å². The van der Waals surface area contributed by atoms with Gasteiger partial charge >= 0.3 is 0 Å². The maximum absolute atomic E-state index is 6.07. The van der Waals surface area contributed by atoms with E-state index >= 15 is 0 Å². The van der Waals surface area contributed by atoms with Gasteiger partial charge in [-0.3, -0.25) is 0 Å². The molecule has 0 amide bonds. The van der Waals surface area contributed by atoms with Crippen LogP contribution in [0.4, 0.5) is 17.3 Å². The van der Waals surface area contributed by atoms with Crippen molar-refractivity contribution < 1.29 is 0 Å². The summed E-state index contributed by atoms with van der Waals surface area (Å²) < 4.78 is 0. The van der Waals surface area contributed by atoms with Crippen LogP contribution in [-0.2, 0) is 0 Å². The topological polar surface area (TPSA) is 41.1 Å². The molecule has 1 aliphatic rings. The summed E-state index contributed by atoms with van der Waals surface area (Å²) in [6.07, 6.45) is 5.04. The van der Waals surface area contributed by atoms with Crippen molar-refractivity contribution in [1.82, 2.24) is 9.97 Å². The van der Waals surface area contributed by atoms with Crippen LogP contribution >= 0.6 is 23.2 Å². The minimum atomic E-state index is 0.523. The van der Waals surface area contributed by atoms with Gasteiger partial charge in [0.25, 0.3) is 0 Å². The number of nitrogens with zero attached hydrogens (tertiary/aromatic N) is 3. The summed E-state index contributed by atoms with van der Waals surface area (Å²) in [6.45, 7) is 4.03. The molecule has 0 unspecified atom stereocenters. The van der Waals surface area contributed by atoms with Gasteiger partial charge < -0.3 is 10.2 Å². The Morgan fingerprint density at radius 1 is 0.957 bits per heavy atom. The first kappa shape index (κ1) is 16.3. The first-order chi connectivity index (χ1) is 11.1. The van der Waals surface area contributed by atoms with E-state index in [1.54, 1.807) is 12.1 Å². The highest BCUT2D eigenvalue weighted by Crippen LogP contribution is 2.27. The highest BCUT2D eigenvalue weighted by molar-refractivity contribution is 6.42. The monoisotopic (exact) mass is 350 g/mol. The maximum Gasteiger partial charge on any atom is 0.136 e. The van der Waals surface area contributed by atoms with E-state index in [2.05, 4.69) is 20.2 Å². The Kier molecular flexibility index (Phi) is 5.23. The second-order valence-corrected chi connectivity index (χ2v) is 6.63. The van der Waals surface area contributed by atoms with E-state index in [9.17, 15) is 0 Å². The number of aromatic nitrogens is 2. The van der Waals surface area contributed by atoms with Crippen LogP contribution in [0.15, 0.2) is 24.3 Å². The van der Waals surface area contributed by atoms with Gasteiger partial charge in [-0.25, -0.2) is 9.97 Å². The van der Waals surface area contributed by atoms with Crippen LogP contribution in [0.2, 0.25) is 10.0 Å². The number of nitrogens with one attached hydrogen (secondary N) is 1. The van der Waals surface area contributed by atoms with E-state index < -0.39 is 0 Å². The van der Waals surface area contributed by atoms with Gasteiger partial charge in [-0.05, 0) is 38.0 Å². The van der Waals surface area contributed by atoms with Gasteiger partial charge in [-0.15, -0.1) is 0 Å². The summed E-state index contributed by atoms with van der Waals surface area (Å²) >= 11 is 12.0. The molecule has 6 heteroatoms. The molecule has 2 heterocycles. The lowest BCUT2D eigenvalue weighted by atomic mass is 10.2. The number of anilines is 3. The van der Waals surface area contributed by atoms with E-state index in [4.69, 9.17) is 23.2 Å². The smallest absolute Gasteiger partial charge is 0.136 e. The van der Waals surface area contributed by atoms with Crippen molar-refractivity contribution in [3.05, 3.63) is 40.1 Å². The van der Waals surface area contributed by atoms with Crippen molar-refractivity contribution in [3.8, 4) is 0 Å². The van der Waals surface area contributed by atoms with Gasteiger partial charge in [0, 0.05) is 24.8 Å². The van der Waals surface area contributed by atoms with Crippen LogP contribution in [0, 0.1) is 6.92 Å². The fourth-order valence-electron chi connectivity index (χ4n) is 2.80. The lowest BCUT2D eigenvalue weighted by Gasteiger charge is -2.22. The normalized spacial score (nSPS) is 15.3. The molecule has 2 aromatic rings. The molecule has 0 atom stereocenters. The van der Waals surface area contributed by atoms with Crippen molar-refractivity contribution >= 4 is 40.5 Å². The number of hydrogen-bond donors (Lipinski definition) is 1. The number of rotatable bonds is 3. The van der Waals surface area contributed by atoms with Crippen LogP contribution in [-0.4, -0.2) is 23.1 Å². The first-order valence-electron chi connectivity index (χ1n) is 7.94. The first-order valence-corrected chi connectivity index (χ1v) is 8.70. The van der Waals surface area contributed by atoms with Crippen LogP contribution in [0.3, 0.4) is 0 Å². The standard InChI is InChI=1S/C17H20Cl2N4/c1-12-20-16(22-13-6-7-14(18)15(19)10-13)11-17(21-12)23-8-4-2-3-5-9-23/h6-7,10-11H,2-5,8-9H2,1H3,(H,20,21,22). The van der Waals surface area contributed by atoms with E-state index in [0.717, 1.165) is 36.2 Å². The maximum atomic E-state index is 6.07. The number of halogens is 2. The Labute approximate surface area is 146 Å². The number of aryl methyl sites for hydroxylation is 1. The predicted octanol–water partition coefficient (Wildman–Crippen LogP) is 5.22. The Balaban J connectivity index is 1.83. The zero-order valence-corrected chi connectivity index (χ0v) is 14.7. The summed E-state index contributed by atoms with van der Waals surface area (Å²) in [5.74, 6) is 2.52.